The maximum Gasteiger partial charge on any atom is 0.319 e. The number of fused-ring (bicyclic) bond motifs is 5. The van der Waals surface area contributed by atoms with Crippen LogP contribution in [0.15, 0.2) is 42.7 Å². The lowest BCUT2D eigenvalue weighted by Gasteiger charge is -2.47. The standard InChI is InChI=1S/C34H36F3N7O2/c1-42(2)33(9-3-10-33)18-39-30-29-25(40-32(41-30)46-19-34-11-4-13-43(34)17-20(35)16-34)15-23(31-38-12-14-44(29)31)27-21-5-7-24(36)28(37)22(21)6-8-26(27)45/h5-8,12,14-15,20,45H,3-4,9-11,13,16-19H2,1-2H3,(H,39,40,41)/t20-,34+/m1/s1. The molecule has 2 N–H and O–H groups in total. The second-order valence-electron chi connectivity index (χ2n) is 13.4. The summed E-state index contributed by atoms with van der Waals surface area (Å²) in [7, 11) is 4.18. The minimum Gasteiger partial charge on any atom is -0.507 e. The highest BCUT2D eigenvalue weighted by atomic mass is 19.2. The van der Waals surface area contributed by atoms with E-state index in [1.54, 1.807) is 18.5 Å². The van der Waals surface area contributed by atoms with E-state index in [0.29, 0.717) is 58.5 Å². The normalized spacial score (nSPS) is 22.6. The number of phenolic OH excluding ortho intramolecular Hbond substituents is 1. The van der Waals surface area contributed by atoms with Crippen molar-refractivity contribution in [2.45, 2.75) is 55.8 Å². The van der Waals surface area contributed by atoms with Crippen molar-refractivity contribution >= 4 is 33.3 Å². The molecule has 3 aliphatic rings. The van der Waals surface area contributed by atoms with Crippen LogP contribution in [0.1, 0.15) is 38.5 Å². The molecular weight excluding hydrogens is 595 g/mol. The molecule has 3 aromatic heterocycles. The molecule has 8 rings (SSSR count). The Kier molecular flexibility index (Phi) is 6.80. The molecule has 0 radical (unpaired) electrons. The van der Waals surface area contributed by atoms with Crippen molar-refractivity contribution in [2.24, 2.45) is 0 Å². The van der Waals surface area contributed by atoms with Crippen LogP contribution in [-0.4, -0.2) is 91.8 Å². The van der Waals surface area contributed by atoms with E-state index in [-0.39, 0.29) is 34.8 Å². The summed E-state index contributed by atoms with van der Waals surface area (Å²) in [5, 5.41) is 15.1. The molecule has 2 atom stereocenters. The van der Waals surface area contributed by atoms with Gasteiger partial charge in [0.05, 0.1) is 11.1 Å². The summed E-state index contributed by atoms with van der Waals surface area (Å²) < 4.78 is 51.8. The number of pyridine rings is 1. The summed E-state index contributed by atoms with van der Waals surface area (Å²) in [4.78, 5) is 18.8. The Morgan fingerprint density at radius 2 is 1.91 bits per heavy atom. The molecule has 9 nitrogen and oxygen atoms in total. The zero-order chi connectivity index (χ0) is 31.8. The van der Waals surface area contributed by atoms with Crippen LogP contribution in [0.3, 0.4) is 0 Å². The van der Waals surface area contributed by atoms with E-state index in [1.807, 2.05) is 4.40 Å². The van der Waals surface area contributed by atoms with Gasteiger partial charge in [-0.05, 0) is 82.4 Å². The molecule has 2 aliphatic heterocycles. The molecule has 0 bridgehead atoms. The number of nitrogens with one attached hydrogen (secondary N) is 1. The second kappa shape index (κ2) is 10.7. The number of hydrogen-bond donors (Lipinski definition) is 2. The van der Waals surface area contributed by atoms with Gasteiger partial charge in [0.2, 0.25) is 0 Å². The van der Waals surface area contributed by atoms with Crippen LogP contribution < -0.4 is 10.1 Å². The lowest BCUT2D eigenvalue weighted by Crippen LogP contribution is -2.54. The topological polar surface area (TPSA) is 91.0 Å². The van der Waals surface area contributed by atoms with Gasteiger partial charge in [0.25, 0.3) is 0 Å². The minimum absolute atomic E-state index is 0.0102. The maximum absolute atomic E-state index is 14.9. The molecule has 0 spiro atoms. The summed E-state index contributed by atoms with van der Waals surface area (Å²) in [6, 6.07) is 7.18. The van der Waals surface area contributed by atoms with Crippen molar-refractivity contribution in [3.05, 3.63) is 54.4 Å². The number of aromatic hydroxyl groups is 1. The van der Waals surface area contributed by atoms with Crippen molar-refractivity contribution in [1.82, 2.24) is 29.2 Å². The second-order valence-corrected chi connectivity index (χ2v) is 13.4. The molecule has 1 aliphatic carbocycles. The van der Waals surface area contributed by atoms with E-state index in [0.717, 1.165) is 44.7 Å². The van der Waals surface area contributed by atoms with Crippen molar-refractivity contribution in [3.63, 3.8) is 0 Å². The van der Waals surface area contributed by atoms with Crippen LogP contribution >= 0.6 is 0 Å². The largest absolute Gasteiger partial charge is 0.507 e. The van der Waals surface area contributed by atoms with E-state index in [2.05, 4.69) is 34.2 Å². The van der Waals surface area contributed by atoms with Crippen LogP contribution in [0.5, 0.6) is 11.8 Å². The number of imidazole rings is 1. The third kappa shape index (κ3) is 4.48. The van der Waals surface area contributed by atoms with Crippen LogP contribution in [0.2, 0.25) is 0 Å². The molecule has 0 unspecified atom stereocenters. The highest BCUT2D eigenvalue weighted by molar-refractivity contribution is 6.05. The van der Waals surface area contributed by atoms with Gasteiger partial charge >= 0.3 is 6.01 Å². The van der Waals surface area contributed by atoms with Crippen LogP contribution in [0.25, 0.3) is 38.6 Å². The van der Waals surface area contributed by atoms with Crippen molar-refractivity contribution in [1.29, 1.82) is 0 Å². The first-order valence-corrected chi connectivity index (χ1v) is 15.9. The predicted octanol–water partition coefficient (Wildman–Crippen LogP) is 5.93. The Labute approximate surface area is 264 Å². The fourth-order valence-electron chi connectivity index (χ4n) is 7.92. The fraction of sp³-hybridized carbons (Fsp3) is 0.441. The van der Waals surface area contributed by atoms with E-state index < -0.39 is 17.8 Å². The predicted molar refractivity (Wildman–Crippen MR) is 170 cm³/mol. The number of nitrogens with zero attached hydrogens (tertiary/aromatic N) is 6. The van der Waals surface area contributed by atoms with Crippen molar-refractivity contribution in [3.8, 4) is 22.9 Å². The first kappa shape index (κ1) is 29.3. The average Bonchev–Trinajstić information content (AvgIpc) is 3.71. The van der Waals surface area contributed by atoms with Crippen LogP contribution in [0.4, 0.5) is 19.0 Å². The lowest BCUT2D eigenvalue weighted by atomic mass is 9.75. The molecule has 0 amide bonds. The molecule has 5 aromatic rings. The Bertz CT molecular complexity index is 2000. The first-order valence-electron chi connectivity index (χ1n) is 15.9. The third-order valence-electron chi connectivity index (χ3n) is 10.7. The summed E-state index contributed by atoms with van der Waals surface area (Å²) >= 11 is 0. The van der Waals surface area contributed by atoms with Crippen LogP contribution in [0, 0.1) is 11.6 Å². The van der Waals surface area contributed by atoms with Gasteiger partial charge in [0.15, 0.2) is 17.5 Å². The van der Waals surface area contributed by atoms with E-state index >= 15 is 0 Å². The Morgan fingerprint density at radius 3 is 2.70 bits per heavy atom. The first-order chi connectivity index (χ1) is 22.2. The molecule has 240 valence electrons. The summed E-state index contributed by atoms with van der Waals surface area (Å²) in [5.41, 5.74) is 2.08. The van der Waals surface area contributed by atoms with Gasteiger partial charge < -0.3 is 20.1 Å². The van der Waals surface area contributed by atoms with E-state index in [1.165, 1.54) is 18.2 Å². The van der Waals surface area contributed by atoms with Gasteiger partial charge in [0, 0.05) is 54.0 Å². The molecular formula is C34H36F3N7O2. The highest BCUT2D eigenvalue weighted by Gasteiger charge is 2.49. The van der Waals surface area contributed by atoms with Gasteiger partial charge in [0.1, 0.15) is 29.7 Å². The van der Waals surface area contributed by atoms with Gasteiger partial charge in [-0.15, -0.1) is 0 Å². The number of ether oxygens (including phenoxy) is 1. The molecule has 12 heteroatoms. The number of hydrogen-bond acceptors (Lipinski definition) is 8. The molecule has 3 fully saturated rings. The zero-order valence-corrected chi connectivity index (χ0v) is 25.9. The smallest absolute Gasteiger partial charge is 0.319 e. The number of benzene rings is 2. The maximum atomic E-state index is 14.9. The number of anilines is 1. The fourth-order valence-corrected chi connectivity index (χ4v) is 7.92. The Morgan fingerprint density at radius 1 is 1.09 bits per heavy atom. The van der Waals surface area contributed by atoms with Crippen LogP contribution in [-0.2, 0) is 0 Å². The van der Waals surface area contributed by atoms with Gasteiger partial charge in [-0.25, -0.2) is 18.2 Å². The SMILES string of the molecule is CN(C)C1(CNc2nc(OC[C@@]34CCCN3C[C@H](F)C4)nc3cc(-c4c(O)ccc5c(F)c(F)ccc45)c4nccn4c23)CCC1. The Balaban J connectivity index is 1.28. The number of alkyl halides is 1. The monoisotopic (exact) mass is 631 g/mol. The van der Waals surface area contributed by atoms with Crippen molar-refractivity contribution in [2.75, 3.05) is 45.7 Å². The zero-order valence-electron chi connectivity index (χ0n) is 25.9. The number of phenols is 1. The highest BCUT2D eigenvalue weighted by Crippen LogP contribution is 2.43. The van der Waals surface area contributed by atoms with Gasteiger partial charge in [-0.3, -0.25) is 9.30 Å². The van der Waals surface area contributed by atoms with E-state index in [4.69, 9.17) is 14.7 Å². The number of halogens is 3. The lowest BCUT2D eigenvalue weighted by molar-refractivity contribution is 0.0738. The third-order valence-corrected chi connectivity index (χ3v) is 10.7. The number of likely N-dealkylation sites (N-methyl/N-ethyl adjacent to an activating group) is 1. The molecule has 46 heavy (non-hydrogen) atoms. The van der Waals surface area contributed by atoms with Gasteiger partial charge in [-0.1, -0.05) is 6.07 Å². The van der Waals surface area contributed by atoms with Gasteiger partial charge in [-0.2, -0.15) is 9.97 Å². The molecule has 2 aromatic carbocycles. The minimum atomic E-state index is -0.989. The summed E-state index contributed by atoms with van der Waals surface area (Å²) in [6.45, 7) is 2.19. The number of aromatic nitrogens is 4. The molecule has 5 heterocycles. The quantitative estimate of drug-likeness (QED) is 0.218. The summed E-state index contributed by atoms with van der Waals surface area (Å²) in [6.07, 6.45) is 8.10. The Hall–Kier alpha value is -4.16. The van der Waals surface area contributed by atoms with E-state index in [9.17, 15) is 18.3 Å². The summed E-state index contributed by atoms with van der Waals surface area (Å²) in [5.74, 6) is -1.50. The van der Waals surface area contributed by atoms with Crippen molar-refractivity contribution < 1.29 is 23.0 Å². The molecule has 2 saturated heterocycles. The average molecular weight is 632 g/mol. The molecule has 1 saturated carbocycles. The number of rotatable bonds is 8.